The van der Waals surface area contributed by atoms with Crippen molar-refractivity contribution in [2.45, 2.75) is 95.5 Å². The molecule has 6 unspecified atom stereocenters. The predicted octanol–water partition coefficient (Wildman–Crippen LogP) is 2.99. The first kappa shape index (κ1) is 32.8. The number of rotatable bonds is 17. The number of ether oxygens (including phenoxy) is 4. The third kappa shape index (κ3) is 7.36. The predicted molar refractivity (Wildman–Crippen MR) is 146 cm³/mol. The van der Waals surface area contributed by atoms with Gasteiger partial charge in [0.2, 0.25) is 0 Å². The molecule has 4 N–H and O–H groups in total. The Balaban J connectivity index is 1.63. The lowest BCUT2D eigenvalue weighted by Gasteiger charge is -2.34. The lowest BCUT2D eigenvalue weighted by atomic mass is 9.93. The fraction of sp³-hybridized carbons (Fsp3) is 0.800. The number of imidazole rings is 1. The highest BCUT2D eigenvalue weighted by molar-refractivity contribution is 7.47. The second-order valence-electron chi connectivity index (χ2n) is 10.1. The third-order valence-electron chi connectivity index (χ3n) is 8.02. The van der Waals surface area contributed by atoms with Gasteiger partial charge in [0, 0.05) is 20.6 Å². The number of phosphoric ester groups is 1. The normalized spacial score (nSPS) is 24.8. The summed E-state index contributed by atoms with van der Waals surface area (Å²) in [5.74, 6) is 0.187. The van der Waals surface area contributed by atoms with Gasteiger partial charge in [-0.15, -0.1) is 0 Å². The summed E-state index contributed by atoms with van der Waals surface area (Å²) in [5.41, 5.74) is 5.82. The van der Waals surface area contributed by atoms with Crippen LogP contribution in [-0.2, 0) is 32.6 Å². The van der Waals surface area contributed by atoms with Gasteiger partial charge in [-0.1, -0.05) is 20.8 Å². The van der Waals surface area contributed by atoms with E-state index in [1.165, 1.54) is 19.8 Å². The summed E-state index contributed by atoms with van der Waals surface area (Å²) in [6.07, 6.45) is 2.35. The number of fused-ring (bicyclic) bond motifs is 1. The van der Waals surface area contributed by atoms with Gasteiger partial charge >= 0.3 is 7.82 Å². The van der Waals surface area contributed by atoms with Crippen LogP contribution in [-0.4, -0.2) is 93.1 Å². The van der Waals surface area contributed by atoms with Crippen molar-refractivity contribution in [1.29, 1.82) is 0 Å². The van der Waals surface area contributed by atoms with Crippen molar-refractivity contribution in [1.82, 2.24) is 19.5 Å². The molecule has 3 heterocycles. The minimum absolute atomic E-state index is 0.0874. The molecule has 0 amide bonds. The number of hydrogen-bond donors (Lipinski definition) is 3. The number of aromatic nitrogens is 4. The Morgan fingerprint density at radius 1 is 1.10 bits per heavy atom. The molecule has 0 bridgehead atoms. The van der Waals surface area contributed by atoms with Crippen molar-refractivity contribution in [3.63, 3.8) is 0 Å². The van der Waals surface area contributed by atoms with Crippen molar-refractivity contribution in [3.05, 3.63) is 12.7 Å². The summed E-state index contributed by atoms with van der Waals surface area (Å²) in [6.45, 7) is 8.01. The highest BCUT2D eigenvalue weighted by Crippen LogP contribution is 2.49. The van der Waals surface area contributed by atoms with Crippen LogP contribution in [0.2, 0.25) is 0 Å². The molecule has 1 fully saturated rings. The topological polar surface area (TPSA) is 183 Å². The SMILES string of the molecule is CCC(C)(CCOP(=O)(O)OC1C(CO)OC(n2cnc3c(N)ncnc32)C1OC)OCCC(CC)(CC)OC. The van der Waals surface area contributed by atoms with Crippen LogP contribution in [0, 0.1) is 0 Å². The fourth-order valence-corrected chi connectivity index (χ4v) is 5.85. The molecular formula is C25H44N5O9P. The quantitative estimate of drug-likeness (QED) is 0.229. The number of nitrogen functional groups attached to an aromatic ring is 1. The van der Waals surface area contributed by atoms with Crippen molar-refractivity contribution in [3.8, 4) is 0 Å². The van der Waals surface area contributed by atoms with Crippen LogP contribution in [0.4, 0.5) is 5.82 Å². The Morgan fingerprint density at radius 3 is 2.42 bits per heavy atom. The van der Waals surface area contributed by atoms with E-state index in [0.29, 0.717) is 30.6 Å². The van der Waals surface area contributed by atoms with Crippen molar-refractivity contribution in [2.24, 2.45) is 0 Å². The number of anilines is 1. The van der Waals surface area contributed by atoms with E-state index in [9.17, 15) is 14.6 Å². The van der Waals surface area contributed by atoms with Gasteiger partial charge in [-0.05, 0) is 32.6 Å². The lowest BCUT2D eigenvalue weighted by Crippen LogP contribution is -2.37. The van der Waals surface area contributed by atoms with Crippen molar-refractivity contribution >= 4 is 24.8 Å². The fourth-order valence-electron chi connectivity index (χ4n) is 4.90. The molecule has 2 aromatic heterocycles. The molecule has 14 nitrogen and oxygen atoms in total. The van der Waals surface area contributed by atoms with E-state index in [0.717, 1.165) is 19.3 Å². The molecule has 0 aromatic carbocycles. The zero-order valence-corrected chi connectivity index (χ0v) is 25.1. The van der Waals surface area contributed by atoms with E-state index in [2.05, 4.69) is 28.8 Å². The van der Waals surface area contributed by atoms with E-state index in [4.69, 9.17) is 33.7 Å². The molecule has 1 saturated heterocycles. The Bertz CT molecular complexity index is 1130. The van der Waals surface area contributed by atoms with Gasteiger partial charge in [0.1, 0.15) is 30.2 Å². The minimum atomic E-state index is -4.58. The van der Waals surface area contributed by atoms with Crippen molar-refractivity contribution in [2.75, 3.05) is 39.8 Å². The number of phosphoric acid groups is 1. The van der Waals surface area contributed by atoms with Crippen LogP contribution in [0.15, 0.2) is 12.7 Å². The number of methoxy groups -OCH3 is 2. The molecule has 40 heavy (non-hydrogen) atoms. The standard InChI is InChI=1S/C25H44N5O9P/c1-7-24(4,36-12-11-25(8-2,9-3)35-6)10-13-37-40(32,33)39-19-17(14-31)38-23(20(19)34-5)30-16-29-18-21(26)27-15-28-22(18)30/h15-17,19-20,23,31H,7-14H2,1-6H3,(H,32,33)(H2,26,27,28). The summed E-state index contributed by atoms with van der Waals surface area (Å²) in [7, 11) is -1.46. The molecule has 1 aliphatic heterocycles. The molecular weight excluding hydrogens is 545 g/mol. The molecule has 0 radical (unpaired) electrons. The largest absolute Gasteiger partial charge is 0.472 e. The minimum Gasteiger partial charge on any atom is -0.394 e. The lowest BCUT2D eigenvalue weighted by molar-refractivity contribution is -0.0893. The zero-order chi connectivity index (χ0) is 29.6. The van der Waals surface area contributed by atoms with Crippen LogP contribution in [0.1, 0.15) is 66.0 Å². The summed E-state index contributed by atoms with van der Waals surface area (Å²) in [6, 6.07) is 0. The van der Waals surface area contributed by atoms with Gasteiger partial charge in [0.15, 0.2) is 17.7 Å². The molecule has 0 spiro atoms. The Hall–Kier alpha value is -1.74. The first-order valence-corrected chi connectivity index (χ1v) is 15.1. The average Bonchev–Trinajstić information content (AvgIpc) is 3.52. The van der Waals surface area contributed by atoms with Gasteiger partial charge in [0.25, 0.3) is 0 Å². The van der Waals surface area contributed by atoms with Crippen LogP contribution in [0.25, 0.3) is 11.2 Å². The smallest absolute Gasteiger partial charge is 0.394 e. The summed E-state index contributed by atoms with van der Waals surface area (Å²) >= 11 is 0. The first-order chi connectivity index (χ1) is 19.0. The van der Waals surface area contributed by atoms with E-state index in [1.54, 1.807) is 11.7 Å². The number of aliphatic hydroxyl groups is 1. The average molecular weight is 590 g/mol. The number of hydrogen-bond acceptors (Lipinski definition) is 12. The van der Waals surface area contributed by atoms with Crippen LogP contribution in [0.5, 0.6) is 0 Å². The Morgan fingerprint density at radius 2 is 1.82 bits per heavy atom. The highest BCUT2D eigenvalue weighted by Gasteiger charge is 2.50. The monoisotopic (exact) mass is 589 g/mol. The molecule has 1 aliphatic rings. The van der Waals surface area contributed by atoms with Gasteiger partial charge in [-0.3, -0.25) is 13.6 Å². The molecule has 2 aromatic rings. The zero-order valence-electron chi connectivity index (χ0n) is 24.2. The summed E-state index contributed by atoms with van der Waals surface area (Å²) in [4.78, 5) is 22.9. The van der Waals surface area contributed by atoms with Gasteiger partial charge < -0.3 is 34.7 Å². The number of nitrogens with zero attached hydrogens (tertiary/aromatic N) is 4. The third-order valence-corrected chi connectivity index (χ3v) is 9.04. The maximum atomic E-state index is 13.0. The molecule has 15 heteroatoms. The van der Waals surface area contributed by atoms with Gasteiger partial charge in [0.05, 0.1) is 37.4 Å². The molecule has 228 valence electrons. The second-order valence-corrected chi connectivity index (χ2v) is 11.6. The molecule has 6 atom stereocenters. The maximum Gasteiger partial charge on any atom is 0.472 e. The van der Waals surface area contributed by atoms with Crippen LogP contribution in [0.3, 0.4) is 0 Å². The van der Waals surface area contributed by atoms with E-state index in [1.807, 2.05) is 13.8 Å². The highest BCUT2D eigenvalue weighted by atomic mass is 31.2. The Kier molecular flexibility index (Phi) is 11.4. The van der Waals surface area contributed by atoms with E-state index >= 15 is 0 Å². The van der Waals surface area contributed by atoms with Crippen LogP contribution < -0.4 is 5.73 Å². The van der Waals surface area contributed by atoms with Crippen molar-refractivity contribution < 1.29 is 42.6 Å². The maximum absolute atomic E-state index is 13.0. The Labute approximate surface area is 235 Å². The second kappa shape index (κ2) is 14.0. The molecule has 3 rings (SSSR count). The van der Waals surface area contributed by atoms with Crippen LogP contribution >= 0.6 is 7.82 Å². The van der Waals surface area contributed by atoms with Gasteiger partial charge in [-0.25, -0.2) is 19.5 Å². The number of nitrogens with two attached hydrogens (primary N) is 1. The van der Waals surface area contributed by atoms with E-state index < -0.39 is 44.6 Å². The molecule has 0 saturated carbocycles. The van der Waals surface area contributed by atoms with Gasteiger partial charge in [-0.2, -0.15) is 0 Å². The van der Waals surface area contributed by atoms with E-state index in [-0.39, 0.29) is 18.0 Å². The summed E-state index contributed by atoms with van der Waals surface area (Å²) < 4.78 is 48.8. The number of aliphatic hydroxyl groups excluding tert-OH is 1. The molecule has 0 aliphatic carbocycles. The first-order valence-electron chi connectivity index (χ1n) is 13.6. The summed E-state index contributed by atoms with van der Waals surface area (Å²) in [5, 5.41) is 9.96.